The molecule has 1 heterocycles. The van der Waals surface area contributed by atoms with Crippen molar-refractivity contribution in [3.05, 3.63) is 24.6 Å². The van der Waals surface area contributed by atoms with Crippen LogP contribution in [0, 0.1) is 5.92 Å². The molecule has 98 valence electrons. The summed E-state index contributed by atoms with van der Waals surface area (Å²) in [5.74, 6) is 0.175. The molecule has 1 aromatic carbocycles. The van der Waals surface area contributed by atoms with Crippen LogP contribution in [-0.2, 0) is 9.59 Å². The maximum absolute atomic E-state index is 12.1. The smallest absolute Gasteiger partial charge is 0.227 e. The van der Waals surface area contributed by atoms with Crippen LogP contribution in [0.1, 0.15) is 25.7 Å². The van der Waals surface area contributed by atoms with Gasteiger partial charge in [0.15, 0.2) is 12.0 Å². The van der Waals surface area contributed by atoms with Crippen LogP contribution in [0.2, 0.25) is 0 Å². The molecule has 1 aromatic heterocycles. The minimum absolute atomic E-state index is 0.0182. The SMILES string of the molecule is O=C1CCC(C(=O)Nc2ccc3ocnc3c2)CC1. The zero-order valence-corrected chi connectivity index (χ0v) is 10.4. The van der Waals surface area contributed by atoms with Gasteiger partial charge in [-0.2, -0.15) is 0 Å². The summed E-state index contributed by atoms with van der Waals surface area (Å²) in [7, 11) is 0. The number of anilines is 1. The Morgan fingerprint density at radius 1 is 1.32 bits per heavy atom. The fourth-order valence-corrected chi connectivity index (χ4v) is 2.38. The van der Waals surface area contributed by atoms with Gasteiger partial charge in [-0.1, -0.05) is 0 Å². The van der Waals surface area contributed by atoms with Gasteiger partial charge in [0.2, 0.25) is 5.91 Å². The maximum Gasteiger partial charge on any atom is 0.227 e. The third-order valence-corrected chi connectivity index (χ3v) is 3.51. The molecule has 2 aromatic rings. The Labute approximate surface area is 110 Å². The number of nitrogens with zero attached hydrogens (tertiary/aromatic N) is 1. The highest BCUT2D eigenvalue weighted by molar-refractivity contribution is 5.95. The Hall–Kier alpha value is -2.17. The molecule has 3 rings (SSSR count). The van der Waals surface area contributed by atoms with E-state index in [1.807, 2.05) is 0 Å². The van der Waals surface area contributed by atoms with Crippen molar-refractivity contribution < 1.29 is 14.0 Å². The number of hydrogen-bond donors (Lipinski definition) is 1. The number of nitrogens with one attached hydrogen (secondary N) is 1. The van der Waals surface area contributed by atoms with Crippen LogP contribution >= 0.6 is 0 Å². The van der Waals surface area contributed by atoms with E-state index in [9.17, 15) is 9.59 Å². The largest absolute Gasteiger partial charge is 0.443 e. The zero-order chi connectivity index (χ0) is 13.2. The van der Waals surface area contributed by atoms with E-state index in [0.29, 0.717) is 37.0 Å². The van der Waals surface area contributed by atoms with Gasteiger partial charge in [0, 0.05) is 24.4 Å². The highest BCUT2D eigenvalue weighted by Crippen LogP contribution is 2.24. The van der Waals surface area contributed by atoms with Crippen molar-refractivity contribution in [3.8, 4) is 0 Å². The van der Waals surface area contributed by atoms with E-state index in [1.165, 1.54) is 6.39 Å². The Kier molecular flexibility index (Phi) is 3.03. The van der Waals surface area contributed by atoms with Crippen molar-refractivity contribution in [1.29, 1.82) is 0 Å². The molecule has 1 fully saturated rings. The van der Waals surface area contributed by atoms with Crippen molar-refractivity contribution in [2.75, 3.05) is 5.32 Å². The lowest BCUT2D eigenvalue weighted by Crippen LogP contribution is -2.27. The van der Waals surface area contributed by atoms with Crippen LogP contribution in [0.25, 0.3) is 11.1 Å². The van der Waals surface area contributed by atoms with Gasteiger partial charge in [0.25, 0.3) is 0 Å². The Bertz CT molecular complexity index is 622. The minimum Gasteiger partial charge on any atom is -0.443 e. The number of Topliss-reactive ketones (excluding diaryl/α,β-unsaturated/α-hetero) is 1. The van der Waals surface area contributed by atoms with Gasteiger partial charge in [-0.15, -0.1) is 0 Å². The Morgan fingerprint density at radius 3 is 2.89 bits per heavy atom. The third-order valence-electron chi connectivity index (χ3n) is 3.51. The summed E-state index contributed by atoms with van der Waals surface area (Å²) in [4.78, 5) is 27.3. The molecule has 19 heavy (non-hydrogen) atoms. The molecule has 1 N–H and O–H groups in total. The molecule has 0 spiro atoms. The molecule has 5 nitrogen and oxygen atoms in total. The summed E-state index contributed by atoms with van der Waals surface area (Å²) < 4.78 is 5.14. The van der Waals surface area contributed by atoms with E-state index in [0.717, 1.165) is 5.52 Å². The highest BCUT2D eigenvalue weighted by Gasteiger charge is 2.24. The van der Waals surface area contributed by atoms with Gasteiger partial charge in [0.05, 0.1) is 0 Å². The van der Waals surface area contributed by atoms with Crippen molar-refractivity contribution in [2.45, 2.75) is 25.7 Å². The lowest BCUT2D eigenvalue weighted by atomic mass is 9.88. The number of benzene rings is 1. The number of oxazole rings is 1. The van der Waals surface area contributed by atoms with E-state index >= 15 is 0 Å². The normalized spacial score (nSPS) is 16.7. The lowest BCUT2D eigenvalue weighted by molar-refractivity contribution is -0.125. The number of carbonyl (C=O) groups excluding carboxylic acids is 2. The van der Waals surface area contributed by atoms with Gasteiger partial charge in [-0.3, -0.25) is 9.59 Å². The average molecular weight is 258 g/mol. The van der Waals surface area contributed by atoms with Crippen molar-refractivity contribution in [2.24, 2.45) is 5.92 Å². The number of fused-ring (bicyclic) bond motifs is 1. The molecule has 0 aliphatic heterocycles. The summed E-state index contributed by atoms with van der Waals surface area (Å²) >= 11 is 0. The number of hydrogen-bond acceptors (Lipinski definition) is 4. The number of aromatic nitrogens is 1. The van der Waals surface area contributed by atoms with Crippen molar-refractivity contribution in [3.63, 3.8) is 0 Å². The summed E-state index contributed by atoms with van der Waals surface area (Å²) in [6, 6.07) is 5.35. The zero-order valence-electron chi connectivity index (χ0n) is 10.4. The summed E-state index contributed by atoms with van der Waals surface area (Å²) in [5.41, 5.74) is 2.13. The molecule has 0 atom stereocenters. The molecule has 5 heteroatoms. The maximum atomic E-state index is 12.1. The average Bonchev–Trinajstić information content (AvgIpc) is 2.87. The third kappa shape index (κ3) is 2.50. The molecule has 1 aliphatic rings. The second-order valence-corrected chi connectivity index (χ2v) is 4.84. The van der Waals surface area contributed by atoms with Crippen molar-refractivity contribution >= 4 is 28.5 Å². The summed E-state index contributed by atoms with van der Waals surface area (Å²) in [6.45, 7) is 0. The quantitative estimate of drug-likeness (QED) is 0.898. The summed E-state index contributed by atoms with van der Waals surface area (Å²) in [5, 5.41) is 2.88. The van der Waals surface area contributed by atoms with Gasteiger partial charge >= 0.3 is 0 Å². The fraction of sp³-hybridized carbons (Fsp3) is 0.357. The van der Waals surface area contributed by atoms with Crippen LogP contribution in [-0.4, -0.2) is 16.7 Å². The number of amides is 1. The highest BCUT2D eigenvalue weighted by atomic mass is 16.3. The van der Waals surface area contributed by atoms with Crippen LogP contribution < -0.4 is 5.32 Å². The molecule has 1 aliphatic carbocycles. The van der Waals surface area contributed by atoms with E-state index < -0.39 is 0 Å². The second kappa shape index (κ2) is 4.84. The molecule has 0 saturated heterocycles. The standard InChI is InChI=1S/C14H14N2O3/c17-11-4-1-9(2-5-11)14(18)16-10-3-6-13-12(7-10)15-8-19-13/h3,6-9H,1-2,4-5H2,(H,16,18). The number of ketones is 1. The van der Waals surface area contributed by atoms with Crippen LogP contribution in [0.15, 0.2) is 29.0 Å². The Balaban J connectivity index is 1.70. The molecule has 1 amide bonds. The summed E-state index contributed by atoms with van der Waals surface area (Å²) in [6.07, 6.45) is 3.71. The van der Waals surface area contributed by atoms with Gasteiger partial charge in [0.1, 0.15) is 11.3 Å². The monoisotopic (exact) mass is 258 g/mol. The first-order chi connectivity index (χ1) is 9.22. The van der Waals surface area contributed by atoms with E-state index in [-0.39, 0.29) is 17.6 Å². The van der Waals surface area contributed by atoms with Crippen LogP contribution in [0.3, 0.4) is 0 Å². The van der Waals surface area contributed by atoms with E-state index in [4.69, 9.17) is 4.42 Å². The first-order valence-electron chi connectivity index (χ1n) is 6.38. The molecule has 0 bridgehead atoms. The molecular formula is C14H14N2O3. The topological polar surface area (TPSA) is 72.2 Å². The van der Waals surface area contributed by atoms with Crippen molar-refractivity contribution in [1.82, 2.24) is 4.98 Å². The molecular weight excluding hydrogens is 244 g/mol. The Morgan fingerprint density at radius 2 is 2.11 bits per heavy atom. The fourth-order valence-electron chi connectivity index (χ4n) is 2.38. The number of carbonyl (C=O) groups is 2. The van der Waals surface area contributed by atoms with E-state index in [2.05, 4.69) is 10.3 Å². The van der Waals surface area contributed by atoms with Gasteiger partial charge in [-0.05, 0) is 31.0 Å². The van der Waals surface area contributed by atoms with E-state index in [1.54, 1.807) is 18.2 Å². The van der Waals surface area contributed by atoms with Gasteiger partial charge < -0.3 is 9.73 Å². The minimum atomic E-state index is -0.0642. The van der Waals surface area contributed by atoms with Crippen LogP contribution in [0.4, 0.5) is 5.69 Å². The predicted octanol–water partition coefficient (Wildman–Crippen LogP) is 2.53. The lowest BCUT2D eigenvalue weighted by Gasteiger charge is -2.20. The molecule has 0 unspecified atom stereocenters. The molecule has 1 saturated carbocycles. The first kappa shape index (κ1) is 11.9. The predicted molar refractivity (Wildman–Crippen MR) is 69.6 cm³/mol. The van der Waals surface area contributed by atoms with Crippen LogP contribution in [0.5, 0.6) is 0 Å². The second-order valence-electron chi connectivity index (χ2n) is 4.84. The first-order valence-corrected chi connectivity index (χ1v) is 6.38. The number of rotatable bonds is 2. The molecule has 0 radical (unpaired) electrons. The van der Waals surface area contributed by atoms with Gasteiger partial charge in [-0.25, -0.2) is 4.98 Å².